The number of carbonyl (C=O) groups excluding carboxylic acids is 5. The first-order valence-corrected chi connectivity index (χ1v) is 13.1. The predicted octanol–water partition coefficient (Wildman–Crippen LogP) is 3.60. The molecule has 6 rings (SSSR count). The molecule has 2 saturated heterocycles. The Hall–Kier alpha value is -4.68. The minimum absolute atomic E-state index is 0.0217. The Morgan fingerprint density at radius 1 is 1.02 bits per heavy atom. The van der Waals surface area contributed by atoms with E-state index in [1.54, 1.807) is 36.4 Å². The van der Waals surface area contributed by atoms with Gasteiger partial charge >= 0.3 is 12.4 Å². The standard InChI is InChI=1S/C29H24F3N3O7/c1-28-19(24(38)34(26(28)40)13-5-3-2-4-6-13)12-17-15(8-9-16-21(17)25(39)35(23(16)37)27(33)41)22(28)18-11-14(7-10-20(18)36)42-29(30,31)32/h2-8,10-11,16-17,19,21-22,36H,9,12H2,1H3,(H2,33,41)/t16-,17+,19-,21-,22+,28+/m0/s1. The summed E-state index contributed by atoms with van der Waals surface area (Å²) in [7, 11) is 0. The molecule has 0 unspecified atom stereocenters. The Morgan fingerprint density at radius 2 is 1.71 bits per heavy atom. The summed E-state index contributed by atoms with van der Waals surface area (Å²) in [4.78, 5) is 67.9. The van der Waals surface area contributed by atoms with Crippen molar-refractivity contribution in [3.05, 3.63) is 65.7 Å². The number of allylic oxidation sites excluding steroid dienone is 2. The average Bonchev–Trinajstić information content (AvgIpc) is 3.29. The number of benzene rings is 2. The monoisotopic (exact) mass is 583 g/mol. The van der Waals surface area contributed by atoms with Gasteiger partial charge in [-0.25, -0.2) is 9.69 Å². The van der Waals surface area contributed by atoms with Crippen LogP contribution in [-0.2, 0) is 19.2 Å². The van der Waals surface area contributed by atoms with Crippen LogP contribution in [-0.4, -0.2) is 46.0 Å². The molecule has 42 heavy (non-hydrogen) atoms. The quantitative estimate of drug-likeness (QED) is 0.415. The summed E-state index contributed by atoms with van der Waals surface area (Å²) in [6, 6.07) is 9.73. The number of amides is 6. The van der Waals surface area contributed by atoms with Crippen molar-refractivity contribution in [2.45, 2.75) is 32.0 Å². The number of hydrogen-bond donors (Lipinski definition) is 2. The van der Waals surface area contributed by atoms with Crippen molar-refractivity contribution in [3.63, 3.8) is 0 Å². The number of urea groups is 1. The number of halogens is 3. The number of anilines is 1. The first-order chi connectivity index (χ1) is 19.8. The van der Waals surface area contributed by atoms with E-state index in [1.165, 1.54) is 6.92 Å². The fourth-order valence-electron chi connectivity index (χ4n) is 7.36. The van der Waals surface area contributed by atoms with Crippen LogP contribution in [0.25, 0.3) is 0 Å². The number of aromatic hydroxyl groups is 1. The van der Waals surface area contributed by atoms with Crippen LogP contribution in [0.4, 0.5) is 23.7 Å². The van der Waals surface area contributed by atoms with Gasteiger partial charge in [0.1, 0.15) is 11.5 Å². The van der Waals surface area contributed by atoms with Crippen molar-refractivity contribution in [1.82, 2.24) is 4.90 Å². The van der Waals surface area contributed by atoms with E-state index in [1.807, 2.05) is 0 Å². The number of para-hydroxylation sites is 1. The summed E-state index contributed by atoms with van der Waals surface area (Å²) in [6.45, 7) is 1.52. The van der Waals surface area contributed by atoms with Crippen LogP contribution in [0.3, 0.4) is 0 Å². The van der Waals surface area contributed by atoms with Gasteiger partial charge in [-0.3, -0.25) is 19.2 Å². The van der Waals surface area contributed by atoms with E-state index >= 15 is 0 Å². The van der Waals surface area contributed by atoms with Gasteiger partial charge in [0.15, 0.2) is 0 Å². The Kier molecular flexibility index (Phi) is 6.00. The van der Waals surface area contributed by atoms with Gasteiger partial charge in [0, 0.05) is 11.5 Å². The van der Waals surface area contributed by atoms with Crippen LogP contribution < -0.4 is 15.4 Å². The van der Waals surface area contributed by atoms with Crippen molar-refractivity contribution in [1.29, 1.82) is 0 Å². The molecule has 4 aliphatic rings. The molecular formula is C29H24F3N3O7. The third kappa shape index (κ3) is 3.82. The van der Waals surface area contributed by atoms with Crippen molar-refractivity contribution < 1.29 is 47.0 Å². The highest BCUT2D eigenvalue weighted by atomic mass is 19.4. The second kappa shape index (κ2) is 9.16. The number of phenolic OH excluding ortho intramolecular Hbond substituents is 1. The van der Waals surface area contributed by atoms with Gasteiger partial charge in [-0.15, -0.1) is 13.2 Å². The molecule has 2 heterocycles. The minimum Gasteiger partial charge on any atom is -0.508 e. The summed E-state index contributed by atoms with van der Waals surface area (Å²) in [5.41, 5.74) is 4.28. The number of alkyl halides is 3. The van der Waals surface area contributed by atoms with Crippen LogP contribution in [0, 0.1) is 29.1 Å². The molecule has 3 fully saturated rings. The van der Waals surface area contributed by atoms with Gasteiger partial charge in [0.2, 0.25) is 23.6 Å². The maximum Gasteiger partial charge on any atom is 0.573 e. The Balaban J connectivity index is 1.55. The maximum atomic E-state index is 14.2. The summed E-state index contributed by atoms with van der Waals surface area (Å²) < 4.78 is 43.5. The molecular weight excluding hydrogens is 559 g/mol. The number of hydrogen-bond acceptors (Lipinski definition) is 7. The Labute approximate surface area is 236 Å². The lowest BCUT2D eigenvalue weighted by Crippen LogP contribution is -2.49. The van der Waals surface area contributed by atoms with Gasteiger partial charge in [0.25, 0.3) is 0 Å². The highest BCUT2D eigenvalue weighted by molar-refractivity contribution is 6.24. The second-order valence-corrected chi connectivity index (χ2v) is 11.1. The first kappa shape index (κ1) is 27.5. The molecule has 0 radical (unpaired) electrons. The van der Waals surface area contributed by atoms with Crippen LogP contribution in [0.1, 0.15) is 31.2 Å². The number of phenols is 1. The third-order valence-electron chi connectivity index (χ3n) is 9.05. The third-order valence-corrected chi connectivity index (χ3v) is 9.05. The van der Waals surface area contributed by atoms with Gasteiger partial charge in [-0.1, -0.05) is 29.8 Å². The molecule has 0 aromatic heterocycles. The second-order valence-electron chi connectivity index (χ2n) is 11.1. The molecule has 0 spiro atoms. The number of likely N-dealkylation sites (tertiary alicyclic amines) is 1. The zero-order valence-electron chi connectivity index (χ0n) is 22.0. The average molecular weight is 584 g/mol. The van der Waals surface area contributed by atoms with Crippen LogP contribution in [0.15, 0.2) is 60.2 Å². The lowest BCUT2D eigenvalue weighted by molar-refractivity contribution is -0.274. The topological polar surface area (TPSA) is 147 Å². The summed E-state index contributed by atoms with van der Waals surface area (Å²) in [5, 5.41) is 11.0. The van der Waals surface area contributed by atoms with Crippen molar-refractivity contribution in [3.8, 4) is 11.5 Å². The number of nitrogens with zero attached hydrogens (tertiary/aromatic N) is 2. The summed E-state index contributed by atoms with van der Waals surface area (Å²) >= 11 is 0. The number of rotatable bonds is 3. The Morgan fingerprint density at radius 3 is 2.36 bits per heavy atom. The fourth-order valence-corrected chi connectivity index (χ4v) is 7.36. The van der Waals surface area contributed by atoms with E-state index in [-0.39, 0.29) is 24.1 Å². The molecule has 6 amide bonds. The van der Waals surface area contributed by atoms with Crippen molar-refractivity contribution >= 4 is 35.3 Å². The number of fused-ring (bicyclic) bond motifs is 4. The zero-order valence-corrected chi connectivity index (χ0v) is 22.0. The molecule has 2 aliphatic carbocycles. The normalized spacial score (nSPS) is 30.6. The van der Waals surface area contributed by atoms with Crippen LogP contribution in [0.2, 0.25) is 0 Å². The van der Waals surface area contributed by atoms with Gasteiger partial charge in [-0.2, -0.15) is 4.90 Å². The molecule has 6 atom stereocenters. The SMILES string of the molecule is C[C@@]12C(=O)N(c3ccccc3)C(=O)[C@@H]1C[C@@H]1C(=CC[C@@H]3C(=O)N(C(N)=O)C(=O)[C@@H]31)[C@@H]2c1cc(OC(F)(F)F)ccc1O. The Bertz CT molecular complexity index is 1590. The van der Waals surface area contributed by atoms with E-state index in [2.05, 4.69) is 4.74 Å². The summed E-state index contributed by atoms with van der Waals surface area (Å²) in [5.74, 6) is -9.13. The van der Waals surface area contributed by atoms with Crippen molar-refractivity contribution in [2.75, 3.05) is 4.90 Å². The highest BCUT2D eigenvalue weighted by Gasteiger charge is 2.68. The number of imide groups is 4. The lowest BCUT2D eigenvalue weighted by Gasteiger charge is -2.49. The maximum absolute atomic E-state index is 14.2. The zero-order chi connectivity index (χ0) is 30.3. The first-order valence-electron chi connectivity index (χ1n) is 13.1. The van der Waals surface area contributed by atoms with Crippen molar-refractivity contribution in [2.24, 2.45) is 34.8 Å². The molecule has 1 saturated carbocycles. The minimum atomic E-state index is -5.05. The molecule has 2 aromatic carbocycles. The summed E-state index contributed by atoms with van der Waals surface area (Å²) in [6.07, 6.45) is -3.51. The molecule has 0 bridgehead atoms. The van der Waals surface area contributed by atoms with E-state index in [9.17, 15) is 42.3 Å². The van der Waals surface area contributed by atoms with Crippen LogP contribution >= 0.6 is 0 Å². The lowest BCUT2D eigenvalue weighted by atomic mass is 9.51. The fraction of sp³-hybridized carbons (Fsp3) is 0.345. The van der Waals surface area contributed by atoms with Gasteiger partial charge in [-0.05, 0) is 56.0 Å². The highest BCUT2D eigenvalue weighted by Crippen LogP contribution is 2.64. The number of nitrogens with two attached hydrogens (primary N) is 1. The molecule has 218 valence electrons. The van der Waals surface area contributed by atoms with Crippen LogP contribution in [0.5, 0.6) is 11.5 Å². The smallest absolute Gasteiger partial charge is 0.508 e. The van der Waals surface area contributed by atoms with Gasteiger partial charge in [0.05, 0.1) is 28.9 Å². The molecule has 13 heteroatoms. The number of primary amides is 1. The molecule has 2 aromatic rings. The predicted molar refractivity (Wildman–Crippen MR) is 137 cm³/mol. The number of carbonyl (C=O) groups is 5. The van der Waals surface area contributed by atoms with E-state index in [0.29, 0.717) is 10.5 Å². The van der Waals surface area contributed by atoms with E-state index < -0.39 is 82.5 Å². The largest absolute Gasteiger partial charge is 0.573 e. The van der Waals surface area contributed by atoms with E-state index in [4.69, 9.17) is 5.73 Å². The van der Waals surface area contributed by atoms with E-state index in [0.717, 1.165) is 23.1 Å². The molecule has 2 aliphatic heterocycles. The molecule has 3 N–H and O–H groups in total. The molecule has 10 nitrogen and oxygen atoms in total. The number of ether oxygens (including phenoxy) is 1. The van der Waals surface area contributed by atoms with Gasteiger partial charge < -0.3 is 15.6 Å².